The van der Waals surface area contributed by atoms with Crippen molar-refractivity contribution in [3.05, 3.63) is 58.1 Å². The molecule has 0 aromatic heterocycles. The fraction of sp³-hybridized carbons (Fsp3) is 0.143. The number of aryl methyl sites for hydroxylation is 2. The second-order valence-electron chi connectivity index (χ2n) is 4.29. The van der Waals surface area contributed by atoms with E-state index in [1.807, 2.05) is 19.9 Å². The van der Waals surface area contributed by atoms with Crippen molar-refractivity contribution in [3.63, 3.8) is 0 Å². The molecule has 0 fully saturated rings. The second-order valence-corrected chi connectivity index (χ2v) is 6.66. The van der Waals surface area contributed by atoms with Gasteiger partial charge in [0.1, 0.15) is 10.6 Å². The SMILES string of the molecule is Cc1cc(C)cc(OS(=O)(=O)c2ccccc2Br)c1. The van der Waals surface area contributed by atoms with Crippen molar-refractivity contribution in [2.24, 2.45) is 0 Å². The minimum Gasteiger partial charge on any atom is -0.379 e. The molecule has 0 saturated carbocycles. The third kappa shape index (κ3) is 3.36. The van der Waals surface area contributed by atoms with Gasteiger partial charge < -0.3 is 4.18 Å². The van der Waals surface area contributed by atoms with Gasteiger partial charge in [0.15, 0.2) is 0 Å². The number of rotatable bonds is 3. The number of hydrogen-bond acceptors (Lipinski definition) is 3. The largest absolute Gasteiger partial charge is 0.379 e. The van der Waals surface area contributed by atoms with Gasteiger partial charge in [-0.1, -0.05) is 18.2 Å². The first-order valence-electron chi connectivity index (χ1n) is 5.66. The van der Waals surface area contributed by atoms with Crippen molar-refractivity contribution in [1.29, 1.82) is 0 Å². The third-order valence-electron chi connectivity index (χ3n) is 2.51. The normalized spacial score (nSPS) is 11.3. The summed E-state index contributed by atoms with van der Waals surface area (Å²) in [5.74, 6) is 0.327. The van der Waals surface area contributed by atoms with Crippen LogP contribution in [0.15, 0.2) is 51.8 Å². The maximum absolute atomic E-state index is 12.2. The summed E-state index contributed by atoms with van der Waals surface area (Å²) in [6, 6.07) is 11.9. The molecule has 0 saturated heterocycles. The Morgan fingerprint density at radius 2 is 1.58 bits per heavy atom. The Bertz CT molecular complexity index is 688. The average molecular weight is 341 g/mol. The highest BCUT2D eigenvalue weighted by molar-refractivity contribution is 9.10. The second kappa shape index (κ2) is 5.35. The molecule has 0 aliphatic carbocycles. The zero-order valence-corrected chi connectivity index (χ0v) is 13.0. The van der Waals surface area contributed by atoms with Crippen molar-refractivity contribution in [3.8, 4) is 5.75 Å². The molecule has 3 nitrogen and oxygen atoms in total. The number of hydrogen-bond donors (Lipinski definition) is 0. The average Bonchev–Trinajstić information content (AvgIpc) is 2.26. The van der Waals surface area contributed by atoms with Crippen molar-refractivity contribution in [1.82, 2.24) is 0 Å². The summed E-state index contributed by atoms with van der Waals surface area (Å²) in [5, 5.41) is 0. The van der Waals surface area contributed by atoms with E-state index in [-0.39, 0.29) is 4.90 Å². The van der Waals surface area contributed by atoms with Crippen LogP contribution in [0.4, 0.5) is 0 Å². The van der Waals surface area contributed by atoms with Crippen LogP contribution in [-0.4, -0.2) is 8.42 Å². The van der Waals surface area contributed by atoms with E-state index in [0.29, 0.717) is 10.2 Å². The van der Waals surface area contributed by atoms with E-state index in [1.165, 1.54) is 6.07 Å². The maximum atomic E-state index is 12.2. The van der Waals surface area contributed by atoms with E-state index >= 15 is 0 Å². The molecule has 100 valence electrons. The Morgan fingerprint density at radius 1 is 1.00 bits per heavy atom. The predicted molar refractivity (Wildman–Crippen MR) is 77.9 cm³/mol. The first-order chi connectivity index (χ1) is 8.88. The Balaban J connectivity index is 2.39. The molecule has 0 spiro atoms. The molecule has 0 bridgehead atoms. The summed E-state index contributed by atoms with van der Waals surface area (Å²) in [6.07, 6.45) is 0. The minimum absolute atomic E-state index is 0.120. The van der Waals surface area contributed by atoms with Gasteiger partial charge in [0.2, 0.25) is 0 Å². The van der Waals surface area contributed by atoms with Crippen molar-refractivity contribution in [2.45, 2.75) is 18.7 Å². The zero-order valence-electron chi connectivity index (χ0n) is 10.6. The van der Waals surface area contributed by atoms with Gasteiger partial charge in [-0.25, -0.2) is 0 Å². The first-order valence-corrected chi connectivity index (χ1v) is 7.86. The molecule has 2 aromatic rings. The lowest BCUT2D eigenvalue weighted by Crippen LogP contribution is -2.10. The molecule has 0 atom stereocenters. The molecule has 19 heavy (non-hydrogen) atoms. The van der Waals surface area contributed by atoms with E-state index in [1.54, 1.807) is 30.3 Å². The van der Waals surface area contributed by atoms with Crippen molar-refractivity contribution < 1.29 is 12.6 Å². The highest BCUT2D eigenvalue weighted by Gasteiger charge is 2.19. The smallest absolute Gasteiger partial charge is 0.340 e. The van der Waals surface area contributed by atoms with Gasteiger partial charge in [0.25, 0.3) is 0 Å². The molecule has 0 amide bonds. The van der Waals surface area contributed by atoms with Gasteiger partial charge >= 0.3 is 10.1 Å². The van der Waals surface area contributed by atoms with Crippen LogP contribution >= 0.6 is 15.9 Å². The topological polar surface area (TPSA) is 43.4 Å². The van der Waals surface area contributed by atoms with E-state index in [4.69, 9.17) is 4.18 Å². The lowest BCUT2D eigenvalue weighted by molar-refractivity contribution is 0.485. The summed E-state index contributed by atoms with van der Waals surface area (Å²) in [4.78, 5) is 0.120. The van der Waals surface area contributed by atoms with Crippen LogP contribution in [0.2, 0.25) is 0 Å². The van der Waals surface area contributed by atoms with Gasteiger partial charge in [-0.3, -0.25) is 0 Å². The molecule has 0 aliphatic rings. The van der Waals surface area contributed by atoms with E-state index in [9.17, 15) is 8.42 Å². The highest BCUT2D eigenvalue weighted by atomic mass is 79.9. The summed E-state index contributed by atoms with van der Waals surface area (Å²) < 4.78 is 30.0. The molecular formula is C14H13BrO3S. The lowest BCUT2D eigenvalue weighted by Gasteiger charge is -2.09. The molecule has 2 aromatic carbocycles. The number of benzene rings is 2. The van der Waals surface area contributed by atoms with Crippen LogP contribution in [0.3, 0.4) is 0 Å². The molecular weight excluding hydrogens is 328 g/mol. The lowest BCUT2D eigenvalue weighted by atomic mass is 10.1. The predicted octanol–water partition coefficient (Wildman–Crippen LogP) is 3.83. The van der Waals surface area contributed by atoms with Crippen LogP contribution in [-0.2, 0) is 10.1 Å². The minimum atomic E-state index is -3.82. The summed E-state index contributed by atoms with van der Waals surface area (Å²) >= 11 is 3.22. The summed E-state index contributed by atoms with van der Waals surface area (Å²) in [7, 11) is -3.82. The Hall–Kier alpha value is -1.33. The summed E-state index contributed by atoms with van der Waals surface area (Å²) in [6.45, 7) is 3.79. The van der Waals surface area contributed by atoms with Crippen LogP contribution < -0.4 is 4.18 Å². The van der Waals surface area contributed by atoms with Crippen LogP contribution in [0.1, 0.15) is 11.1 Å². The fourth-order valence-electron chi connectivity index (χ4n) is 1.80. The Morgan fingerprint density at radius 3 is 2.16 bits per heavy atom. The third-order valence-corrected chi connectivity index (χ3v) is 4.77. The standard InChI is InChI=1S/C14H13BrO3S/c1-10-7-11(2)9-12(8-10)18-19(16,17)14-6-4-3-5-13(14)15/h3-9H,1-2H3. The van der Waals surface area contributed by atoms with Crippen LogP contribution in [0, 0.1) is 13.8 Å². The van der Waals surface area contributed by atoms with Crippen LogP contribution in [0.5, 0.6) is 5.75 Å². The van der Waals surface area contributed by atoms with Gasteiger partial charge in [-0.05, 0) is 65.2 Å². The van der Waals surface area contributed by atoms with Gasteiger partial charge in [0.05, 0.1) is 0 Å². The molecule has 2 rings (SSSR count). The van der Waals surface area contributed by atoms with E-state index in [2.05, 4.69) is 15.9 Å². The molecule has 0 radical (unpaired) electrons. The Kier molecular flexibility index (Phi) is 3.96. The van der Waals surface area contributed by atoms with E-state index < -0.39 is 10.1 Å². The van der Waals surface area contributed by atoms with Crippen molar-refractivity contribution in [2.75, 3.05) is 0 Å². The molecule has 5 heteroatoms. The first kappa shape index (κ1) is 14.1. The highest BCUT2D eigenvalue weighted by Crippen LogP contribution is 2.26. The molecule has 0 N–H and O–H groups in total. The van der Waals surface area contributed by atoms with E-state index in [0.717, 1.165) is 11.1 Å². The van der Waals surface area contributed by atoms with Crippen molar-refractivity contribution >= 4 is 26.0 Å². The monoisotopic (exact) mass is 340 g/mol. The fourth-order valence-corrected chi connectivity index (χ4v) is 3.67. The summed E-state index contributed by atoms with van der Waals surface area (Å²) in [5.41, 5.74) is 1.91. The molecule has 0 heterocycles. The van der Waals surface area contributed by atoms with Gasteiger partial charge in [0, 0.05) is 4.47 Å². The number of halogens is 1. The van der Waals surface area contributed by atoms with Gasteiger partial charge in [-0.2, -0.15) is 8.42 Å². The quantitative estimate of drug-likeness (QED) is 0.797. The Labute approximate surface area is 121 Å². The van der Waals surface area contributed by atoms with Gasteiger partial charge in [-0.15, -0.1) is 0 Å². The molecule has 0 unspecified atom stereocenters. The maximum Gasteiger partial charge on any atom is 0.340 e. The van der Waals surface area contributed by atoms with Crippen LogP contribution in [0.25, 0.3) is 0 Å². The molecule has 0 aliphatic heterocycles. The zero-order chi connectivity index (χ0) is 14.0.